The number of nitrogens with one attached hydrogen (secondary N) is 1. The monoisotopic (exact) mass is 477 g/mol. The molecule has 1 aliphatic heterocycles. The van der Waals surface area contributed by atoms with Gasteiger partial charge in [-0.05, 0) is 39.5 Å². The van der Waals surface area contributed by atoms with Crippen LogP contribution in [-0.2, 0) is 14.3 Å². The van der Waals surface area contributed by atoms with E-state index in [9.17, 15) is 35.1 Å². The molecule has 0 aromatic heterocycles. The maximum atomic E-state index is 12.2. The molecule has 1 unspecified atom stereocenters. The van der Waals surface area contributed by atoms with Gasteiger partial charge in [-0.25, -0.2) is 4.79 Å². The van der Waals surface area contributed by atoms with E-state index >= 15 is 0 Å². The zero-order chi connectivity index (χ0) is 25.9. The van der Waals surface area contributed by atoms with E-state index in [2.05, 4.69) is 10.1 Å². The van der Waals surface area contributed by atoms with Crippen molar-refractivity contribution in [1.82, 2.24) is 5.32 Å². The van der Waals surface area contributed by atoms with E-state index in [0.717, 1.165) is 0 Å². The Morgan fingerprint density at radius 1 is 1.18 bits per heavy atom. The Bertz CT molecular complexity index is 668. The van der Waals surface area contributed by atoms with Crippen molar-refractivity contribution in [2.45, 2.75) is 103 Å². The normalized spacial score (nSPS) is 30.3. The summed E-state index contributed by atoms with van der Waals surface area (Å²) in [7, 11) is 1.21. The van der Waals surface area contributed by atoms with Crippen molar-refractivity contribution in [3.05, 3.63) is 0 Å². The van der Waals surface area contributed by atoms with E-state index < -0.39 is 71.5 Å². The van der Waals surface area contributed by atoms with Gasteiger partial charge in [-0.15, -0.1) is 0 Å². The Hall–Kier alpha value is -1.46. The van der Waals surface area contributed by atoms with Crippen molar-refractivity contribution >= 4 is 12.1 Å². The number of rotatable bonds is 11. The van der Waals surface area contributed by atoms with Crippen LogP contribution in [0.15, 0.2) is 0 Å². The molecule has 1 rings (SSSR count). The molecule has 0 bridgehead atoms. The molecule has 1 fully saturated rings. The first-order valence-electron chi connectivity index (χ1n) is 11.6. The lowest BCUT2D eigenvalue weighted by molar-refractivity contribution is -0.169. The summed E-state index contributed by atoms with van der Waals surface area (Å²) in [4.78, 5) is 24.0. The number of amides is 1. The number of methoxy groups -OCH3 is 1. The molecule has 10 nitrogen and oxygen atoms in total. The van der Waals surface area contributed by atoms with Crippen LogP contribution in [0.2, 0.25) is 0 Å². The van der Waals surface area contributed by atoms with Crippen molar-refractivity contribution in [3.8, 4) is 0 Å². The zero-order valence-corrected chi connectivity index (χ0v) is 21.0. The molecule has 0 aliphatic carbocycles. The fourth-order valence-electron chi connectivity index (χ4n) is 5.06. The van der Waals surface area contributed by atoms with Crippen molar-refractivity contribution in [2.24, 2.45) is 23.7 Å². The molecule has 11 atom stereocenters. The van der Waals surface area contributed by atoms with Crippen LogP contribution in [0.3, 0.4) is 0 Å². The molecule has 10 heteroatoms. The number of carbonyl (C=O) groups is 2. The predicted molar refractivity (Wildman–Crippen MR) is 120 cm³/mol. The predicted octanol–water partition coefficient (Wildman–Crippen LogP) is 0.566. The summed E-state index contributed by atoms with van der Waals surface area (Å²) in [5.74, 6) is -3.17. The molecule has 33 heavy (non-hydrogen) atoms. The summed E-state index contributed by atoms with van der Waals surface area (Å²) in [6.07, 6.45) is -5.14. The van der Waals surface area contributed by atoms with E-state index in [1.807, 2.05) is 0 Å². The lowest BCUT2D eigenvalue weighted by Gasteiger charge is -2.47. The van der Waals surface area contributed by atoms with Gasteiger partial charge in [-0.1, -0.05) is 27.7 Å². The van der Waals surface area contributed by atoms with Crippen LogP contribution in [0.4, 0.5) is 4.79 Å². The smallest absolute Gasteiger partial charge is 0.407 e. The first kappa shape index (κ1) is 29.6. The summed E-state index contributed by atoms with van der Waals surface area (Å²) in [6, 6.07) is -0.528. The highest BCUT2D eigenvalue weighted by molar-refractivity contribution is 5.72. The second-order valence-corrected chi connectivity index (χ2v) is 10.1. The third-order valence-electron chi connectivity index (χ3n) is 7.31. The van der Waals surface area contributed by atoms with Crippen molar-refractivity contribution in [3.63, 3.8) is 0 Å². The summed E-state index contributed by atoms with van der Waals surface area (Å²) < 4.78 is 9.97. The molecule has 1 aliphatic rings. The molecule has 0 spiro atoms. The minimum atomic E-state index is -1.67. The molecule has 6 N–H and O–H groups in total. The largest absolute Gasteiger partial charge is 0.469 e. The van der Waals surface area contributed by atoms with Gasteiger partial charge in [0.25, 0.3) is 0 Å². The number of hydrogen-bond acceptors (Lipinski definition) is 9. The molecule has 1 saturated heterocycles. The van der Waals surface area contributed by atoms with Gasteiger partial charge in [-0.3, -0.25) is 4.79 Å². The van der Waals surface area contributed by atoms with Crippen LogP contribution in [0.25, 0.3) is 0 Å². The van der Waals surface area contributed by atoms with Gasteiger partial charge in [-0.2, -0.15) is 0 Å². The number of aliphatic hydroxyl groups is 5. The number of cyclic esters (lactones) is 1. The average molecular weight is 478 g/mol. The van der Waals surface area contributed by atoms with Crippen LogP contribution in [-0.4, -0.2) is 86.4 Å². The number of esters is 1. The Morgan fingerprint density at radius 2 is 1.73 bits per heavy atom. The highest BCUT2D eigenvalue weighted by atomic mass is 16.6. The van der Waals surface area contributed by atoms with Crippen LogP contribution in [0, 0.1) is 23.7 Å². The Kier molecular flexibility index (Phi) is 10.1. The summed E-state index contributed by atoms with van der Waals surface area (Å²) in [5.41, 5.74) is -3.34. The Balaban J connectivity index is 3.01. The third kappa shape index (κ3) is 6.57. The molecule has 194 valence electrons. The first-order valence-corrected chi connectivity index (χ1v) is 11.6. The Morgan fingerprint density at radius 3 is 2.21 bits per heavy atom. The highest BCUT2D eigenvalue weighted by Gasteiger charge is 2.51. The van der Waals surface area contributed by atoms with E-state index in [4.69, 9.17) is 4.74 Å². The number of ether oxygens (including phenoxy) is 2. The van der Waals surface area contributed by atoms with Gasteiger partial charge in [0, 0.05) is 17.9 Å². The fraction of sp³-hybridized carbons (Fsp3) is 0.913. The molecule has 0 aromatic carbocycles. The number of carbonyl (C=O) groups excluding carboxylic acids is 2. The summed E-state index contributed by atoms with van der Waals surface area (Å²) in [5, 5.41) is 56.2. The van der Waals surface area contributed by atoms with Crippen molar-refractivity contribution in [1.29, 1.82) is 0 Å². The summed E-state index contributed by atoms with van der Waals surface area (Å²) in [6.45, 7) is 11.1. The van der Waals surface area contributed by atoms with Crippen molar-refractivity contribution in [2.75, 3.05) is 7.11 Å². The zero-order valence-electron chi connectivity index (χ0n) is 21.0. The van der Waals surface area contributed by atoms with E-state index in [-0.39, 0.29) is 18.8 Å². The lowest BCUT2D eigenvalue weighted by Crippen LogP contribution is -2.64. The minimum absolute atomic E-state index is 0.0400. The minimum Gasteiger partial charge on any atom is -0.469 e. The number of hydrogen-bond donors (Lipinski definition) is 6. The van der Waals surface area contributed by atoms with Gasteiger partial charge >= 0.3 is 12.1 Å². The van der Waals surface area contributed by atoms with Crippen molar-refractivity contribution < 1.29 is 44.6 Å². The fourth-order valence-corrected chi connectivity index (χ4v) is 5.06. The molecular weight excluding hydrogens is 434 g/mol. The third-order valence-corrected chi connectivity index (χ3v) is 7.31. The van der Waals surface area contributed by atoms with Gasteiger partial charge in [0.2, 0.25) is 0 Å². The highest BCUT2D eigenvalue weighted by Crippen LogP contribution is 2.36. The molecule has 1 amide bonds. The van der Waals surface area contributed by atoms with E-state index in [1.165, 1.54) is 34.8 Å². The van der Waals surface area contributed by atoms with Gasteiger partial charge in [0.05, 0.1) is 36.9 Å². The SMILES string of the molecule is CC[C@@H](O)[C@@](C)(O)[C@@H]1OC(=O)NC([C@H](C)C[C@@](C)(O)[C@H](O)[C@@H](C)[C@H](O)[C@@H](C)C(=O)OC)[C@@H]1C. The topological polar surface area (TPSA) is 166 Å². The maximum Gasteiger partial charge on any atom is 0.407 e. The van der Waals surface area contributed by atoms with Crippen LogP contribution >= 0.6 is 0 Å². The molecule has 1 heterocycles. The van der Waals surface area contributed by atoms with Crippen LogP contribution in [0.1, 0.15) is 61.3 Å². The van der Waals surface area contributed by atoms with Crippen LogP contribution in [0.5, 0.6) is 0 Å². The van der Waals surface area contributed by atoms with E-state index in [1.54, 1.807) is 20.8 Å². The molecule has 0 saturated carbocycles. The summed E-state index contributed by atoms with van der Waals surface area (Å²) >= 11 is 0. The maximum absolute atomic E-state index is 12.2. The molecule has 0 aromatic rings. The van der Waals surface area contributed by atoms with Gasteiger partial charge in [0.15, 0.2) is 0 Å². The standard InChI is InChI=1S/C23H43NO9/c1-9-15(25)23(7,31)19-12(3)16(24-21(29)33-19)11(2)10-22(6,30)18(27)13(4)17(26)14(5)20(28)32-8/h11-19,25-27,30-31H,9-10H2,1-8H3,(H,24,29)/t11-,12+,13+,14-,15-,16?,17+,18-,19-,22-,23-/m1/s1. The average Bonchev–Trinajstić information content (AvgIpc) is 2.76. The lowest BCUT2D eigenvalue weighted by atomic mass is 9.72. The van der Waals surface area contributed by atoms with Gasteiger partial charge < -0.3 is 40.3 Å². The molecular formula is C23H43NO9. The molecule has 0 radical (unpaired) electrons. The quantitative estimate of drug-likeness (QED) is 0.233. The first-order chi connectivity index (χ1) is 15.0. The Labute approximate surface area is 196 Å². The van der Waals surface area contributed by atoms with E-state index in [0.29, 0.717) is 0 Å². The number of aliphatic hydroxyl groups excluding tert-OH is 3. The number of alkyl carbamates (subject to hydrolysis) is 1. The second-order valence-electron chi connectivity index (χ2n) is 10.1. The van der Waals surface area contributed by atoms with Gasteiger partial charge in [0.1, 0.15) is 11.7 Å². The second kappa shape index (κ2) is 11.3. The van der Waals surface area contributed by atoms with Crippen LogP contribution < -0.4 is 5.32 Å².